The van der Waals surface area contributed by atoms with E-state index in [2.05, 4.69) is 26.0 Å². The van der Waals surface area contributed by atoms with Crippen LogP contribution in [-0.2, 0) is 33.3 Å². The van der Waals surface area contributed by atoms with E-state index >= 15 is 0 Å². The molecule has 0 spiro atoms. The van der Waals surface area contributed by atoms with Gasteiger partial charge in [0.2, 0.25) is 5.91 Å². The van der Waals surface area contributed by atoms with E-state index in [0.717, 1.165) is 0 Å². The van der Waals surface area contributed by atoms with Gasteiger partial charge in [-0.05, 0) is 24.8 Å². The molecule has 0 saturated carbocycles. The lowest BCUT2D eigenvalue weighted by atomic mass is 10.0. The zero-order valence-corrected chi connectivity index (χ0v) is 28.2. The number of rotatable bonds is 32. The van der Waals surface area contributed by atoms with Crippen molar-refractivity contribution >= 4 is 17.7 Å². The maximum atomic E-state index is 12.9. The Labute approximate surface area is 293 Å². The average Bonchev–Trinajstić information content (AvgIpc) is 3.14. The summed E-state index contributed by atoms with van der Waals surface area (Å²) in [5, 5.41) is 106. The van der Waals surface area contributed by atoms with Crippen molar-refractivity contribution in [1.82, 2.24) is 16.0 Å². The second-order valence-corrected chi connectivity index (χ2v) is 10.9. The molecule has 51 heavy (non-hydrogen) atoms. The van der Waals surface area contributed by atoms with Gasteiger partial charge in [0.1, 0.15) is 42.7 Å². The second-order valence-electron chi connectivity index (χ2n) is 10.9. The zero-order valence-electron chi connectivity index (χ0n) is 28.2. The van der Waals surface area contributed by atoms with Crippen LogP contribution in [0.1, 0.15) is 19.3 Å². The zero-order chi connectivity index (χ0) is 38.6. The molecule has 13 N–H and O–H groups in total. The molecule has 0 aliphatic heterocycles. The fraction of sp³-hybridized carbons (Fsp3) is 0.893. The number of carbonyl (C=O) groups is 3. The fourth-order valence-electron chi connectivity index (χ4n) is 3.95. The third kappa shape index (κ3) is 21.3. The van der Waals surface area contributed by atoms with E-state index in [1.165, 1.54) is 0 Å². The second kappa shape index (κ2) is 29.7. The van der Waals surface area contributed by atoms with E-state index in [9.17, 15) is 55.2 Å². The number of azide groups is 1. The maximum Gasteiger partial charge on any atom is 0.252 e. The highest BCUT2D eigenvalue weighted by molar-refractivity contribution is 5.89. The van der Waals surface area contributed by atoms with Gasteiger partial charge in [0.05, 0.1) is 66.1 Å². The van der Waals surface area contributed by atoms with E-state index in [1.54, 1.807) is 0 Å². The molecule has 23 heteroatoms. The molecule has 0 saturated heterocycles. The lowest BCUT2D eigenvalue weighted by Gasteiger charge is -2.26. The van der Waals surface area contributed by atoms with Crippen molar-refractivity contribution in [3.63, 3.8) is 0 Å². The molecule has 3 amide bonds. The molecular formula is C28H54N6O17. The number of aliphatic hydroxyl groups excluding tert-OH is 10. The normalized spacial score (nSPS) is 16.7. The van der Waals surface area contributed by atoms with Crippen LogP contribution in [0.2, 0.25) is 0 Å². The van der Waals surface area contributed by atoms with Crippen molar-refractivity contribution in [3.8, 4) is 0 Å². The highest BCUT2D eigenvalue weighted by Gasteiger charge is 2.36. The molecule has 9 atom stereocenters. The first kappa shape index (κ1) is 48.2. The monoisotopic (exact) mass is 746 g/mol. The Hall–Kier alpha value is -2.84. The van der Waals surface area contributed by atoms with Crippen molar-refractivity contribution in [2.75, 3.05) is 85.7 Å². The lowest BCUT2D eigenvalue weighted by molar-refractivity contribution is -0.150. The van der Waals surface area contributed by atoms with E-state index in [-0.39, 0.29) is 58.7 Å². The SMILES string of the molecule is [N-]=[N+]=NCCOCCOCCOCCOCCNC(=O)[C@H](CCCCNC(=O)[C@H](O)[C@@H](O)[C@H](O)[C@H](O)CO)NC(=O)[C@H](O)[C@@H](O)[C@H](O)[C@H](O)CO. The molecule has 0 fully saturated rings. The highest BCUT2D eigenvalue weighted by atomic mass is 16.6. The van der Waals surface area contributed by atoms with E-state index in [0.29, 0.717) is 33.0 Å². The number of carbonyl (C=O) groups excluding carboxylic acids is 3. The summed E-state index contributed by atoms with van der Waals surface area (Å²) < 4.78 is 21.2. The van der Waals surface area contributed by atoms with Crippen LogP contribution >= 0.6 is 0 Å². The molecular weight excluding hydrogens is 692 g/mol. The molecule has 0 aliphatic rings. The van der Waals surface area contributed by atoms with Gasteiger partial charge in [-0.15, -0.1) is 0 Å². The van der Waals surface area contributed by atoms with Gasteiger partial charge >= 0.3 is 0 Å². The Balaban J connectivity index is 4.75. The maximum absolute atomic E-state index is 12.9. The van der Waals surface area contributed by atoms with Gasteiger partial charge in [0.15, 0.2) is 12.2 Å². The molecule has 0 unspecified atom stereocenters. The van der Waals surface area contributed by atoms with Crippen LogP contribution in [0.4, 0.5) is 0 Å². The lowest BCUT2D eigenvalue weighted by Crippen LogP contribution is -2.55. The average molecular weight is 747 g/mol. The van der Waals surface area contributed by atoms with Crippen LogP contribution < -0.4 is 16.0 Å². The Morgan fingerprint density at radius 3 is 1.53 bits per heavy atom. The number of hydrogen-bond acceptors (Lipinski definition) is 18. The quantitative estimate of drug-likeness (QED) is 0.0132. The summed E-state index contributed by atoms with van der Waals surface area (Å²) in [6, 6.07) is -1.31. The number of aliphatic hydroxyl groups is 10. The van der Waals surface area contributed by atoms with Crippen molar-refractivity contribution in [2.24, 2.45) is 5.11 Å². The molecule has 0 aromatic rings. The minimum Gasteiger partial charge on any atom is -0.394 e. The number of nitrogens with zero attached hydrogens (tertiary/aromatic N) is 3. The van der Waals surface area contributed by atoms with Gasteiger partial charge in [0.25, 0.3) is 11.8 Å². The van der Waals surface area contributed by atoms with Gasteiger partial charge in [-0.25, -0.2) is 0 Å². The van der Waals surface area contributed by atoms with Crippen LogP contribution in [-0.4, -0.2) is 209 Å². The summed E-state index contributed by atoms with van der Waals surface area (Å²) in [5.41, 5.74) is 8.16. The van der Waals surface area contributed by atoms with Crippen LogP contribution in [0, 0.1) is 0 Å². The predicted molar refractivity (Wildman–Crippen MR) is 171 cm³/mol. The number of hydrogen-bond donors (Lipinski definition) is 13. The molecule has 0 bridgehead atoms. The molecule has 0 aromatic carbocycles. The van der Waals surface area contributed by atoms with Crippen LogP contribution in [0.15, 0.2) is 5.11 Å². The van der Waals surface area contributed by atoms with Gasteiger partial charge in [-0.2, -0.15) is 0 Å². The molecule has 298 valence electrons. The topological polar surface area (TPSA) is 375 Å². The summed E-state index contributed by atoms with van der Waals surface area (Å²) >= 11 is 0. The largest absolute Gasteiger partial charge is 0.394 e. The Morgan fingerprint density at radius 2 is 1.04 bits per heavy atom. The number of amides is 3. The molecule has 23 nitrogen and oxygen atoms in total. The van der Waals surface area contributed by atoms with Gasteiger partial charge in [-0.3, -0.25) is 14.4 Å². The first-order valence-corrected chi connectivity index (χ1v) is 16.2. The smallest absolute Gasteiger partial charge is 0.252 e. The molecule has 0 heterocycles. The van der Waals surface area contributed by atoms with Crippen molar-refractivity contribution in [1.29, 1.82) is 0 Å². The molecule has 0 aliphatic carbocycles. The van der Waals surface area contributed by atoms with Crippen LogP contribution in [0.3, 0.4) is 0 Å². The standard InChI is InChI=1S/C28H54N6O17/c29-34-32-6-8-49-10-12-51-14-13-50-11-9-48-7-5-31-26(45)17(33-28(47)25(44)23(42)21(40)19(38)16-36)3-1-2-4-30-27(46)24(43)22(41)20(39)18(37)15-35/h17-25,35-44H,1-16H2,(H,30,46)(H,31,45)(H,33,47)/t17-,18+,19+,20+,21+,22-,23-,24+,25+/m0/s1. The van der Waals surface area contributed by atoms with Gasteiger partial charge in [-0.1, -0.05) is 5.11 Å². The third-order valence-electron chi connectivity index (χ3n) is 6.96. The van der Waals surface area contributed by atoms with Crippen molar-refractivity contribution < 1.29 is 84.4 Å². The minimum atomic E-state index is -2.30. The first-order valence-electron chi connectivity index (χ1n) is 16.2. The Morgan fingerprint density at radius 1 is 0.588 bits per heavy atom. The summed E-state index contributed by atoms with van der Waals surface area (Å²) in [5.74, 6) is -3.11. The molecule has 0 aromatic heterocycles. The number of ether oxygens (including phenoxy) is 4. The Kier molecular flexibility index (Phi) is 28.1. The number of unbranched alkanes of at least 4 members (excludes halogenated alkanes) is 1. The molecule has 0 rings (SSSR count). The Bertz CT molecular complexity index is 997. The van der Waals surface area contributed by atoms with Gasteiger partial charge < -0.3 is 86.0 Å². The summed E-state index contributed by atoms with van der Waals surface area (Å²) in [7, 11) is 0. The van der Waals surface area contributed by atoms with Crippen molar-refractivity contribution in [2.45, 2.75) is 74.1 Å². The molecule has 0 radical (unpaired) electrons. The van der Waals surface area contributed by atoms with E-state index < -0.39 is 85.8 Å². The van der Waals surface area contributed by atoms with Gasteiger partial charge in [0, 0.05) is 24.5 Å². The van der Waals surface area contributed by atoms with Crippen LogP contribution in [0.25, 0.3) is 10.4 Å². The third-order valence-corrected chi connectivity index (χ3v) is 6.96. The summed E-state index contributed by atoms with van der Waals surface area (Å²) in [4.78, 5) is 40.2. The highest BCUT2D eigenvalue weighted by Crippen LogP contribution is 2.09. The van der Waals surface area contributed by atoms with E-state index in [1.807, 2.05) is 0 Å². The summed E-state index contributed by atoms with van der Waals surface area (Å²) in [6.07, 6.45) is -16.3. The minimum absolute atomic E-state index is 0.00627. The summed E-state index contributed by atoms with van der Waals surface area (Å²) in [6.45, 7) is 0.257. The first-order chi connectivity index (χ1) is 24.3. The van der Waals surface area contributed by atoms with E-state index in [4.69, 9.17) is 34.7 Å². The van der Waals surface area contributed by atoms with Crippen molar-refractivity contribution in [3.05, 3.63) is 10.4 Å². The number of nitrogens with one attached hydrogen (secondary N) is 3. The fourth-order valence-corrected chi connectivity index (χ4v) is 3.95. The van der Waals surface area contributed by atoms with Crippen LogP contribution in [0.5, 0.6) is 0 Å². The predicted octanol–water partition coefficient (Wildman–Crippen LogP) is -6.88.